The molecule has 0 radical (unpaired) electrons. The van der Waals surface area contributed by atoms with Gasteiger partial charge in [0.25, 0.3) is 0 Å². The minimum Gasteiger partial charge on any atom is -0.418 e. The number of hydrogen-bond acceptors (Lipinski definition) is 4. The van der Waals surface area contributed by atoms with E-state index in [2.05, 4.69) is 25.4 Å². The average molecular weight is 279 g/mol. The molecule has 0 atom stereocenters. The molecule has 0 fully saturated rings. The van der Waals surface area contributed by atoms with E-state index in [-0.39, 0.29) is 11.5 Å². The van der Waals surface area contributed by atoms with Crippen molar-refractivity contribution in [3.63, 3.8) is 0 Å². The highest BCUT2D eigenvalue weighted by Crippen LogP contribution is 2.20. The summed E-state index contributed by atoms with van der Waals surface area (Å²) in [7, 11) is 0. The second-order valence-corrected chi connectivity index (χ2v) is 3.11. The Hall–Kier alpha value is -1.07. The Morgan fingerprint density at radius 3 is 2.29 bits per heavy atom. The van der Waals surface area contributed by atoms with Crippen LogP contribution in [0.2, 0.25) is 0 Å². The average Bonchev–Trinajstić information content (AvgIpc) is 2.01. The van der Waals surface area contributed by atoms with Crippen LogP contribution >= 0.6 is 27.5 Å². The summed E-state index contributed by atoms with van der Waals surface area (Å²) in [6.07, 6.45) is 0. The van der Waals surface area contributed by atoms with Crippen molar-refractivity contribution >= 4 is 37.8 Å². The van der Waals surface area contributed by atoms with Crippen LogP contribution in [0.3, 0.4) is 0 Å². The van der Waals surface area contributed by atoms with Crippen LogP contribution in [0.4, 0.5) is 9.59 Å². The molecule has 1 rings (SSSR count). The Balaban J connectivity index is 2.78. The van der Waals surface area contributed by atoms with E-state index in [1.807, 2.05) is 0 Å². The van der Waals surface area contributed by atoms with Crippen molar-refractivity contribution < 1.29 is 19.1 Å². The van der Waals surface area contributed by atoms with Crippen molar-refractivity contribution in [1.29, 1.82) is 0 Å². The zero-order valence-electron chi connectivity index (χ0n) is 6.70. The van der Waals surface area contributed by atoms with E-state index >= 15 is 0 Å². The summed E-state index contributed by atoms with van der Waals surface area (Å²) in [5, 5.41) is 0. The number of halogens is 2. The van der Waals surface area contributed by atoms with E-state index in [0.29, 0.717) is 0 Å². The van der Waals surface area contributed by atoms with Gasteiger partial charge in [-0.1, -0.05) is 6.07 Å². The van der Waals surface area contributed by atoms with Crippen LogP contribution in [0.5, 0.6) is 11.5 Å². The van der Waals surface area contributed by atoms with Crippen molar-refractivity contribution in [3.05, 3.63) is 24.3 Å². The summed E-state index contributed by atoms with van der Waals surface area (Å²) in [5.41, 5.74) is -0.952. The second-order valence-electron chi connectivity index (χ2n) is 2.15. The zero-order valence-corrected chi connectivity index (χ0v) is 9.04. The van der Waals surface area contributed by atoms with E-state index in [1.54, 1.807) is 6.07 Å². The van der Waals surface area contributed by atoms with Crippen molar-refractivity contribution in [3.8, 4) is 11.5 Å². The number of rotatable bonds is 2. The zero-order chi connectivity index (χ0) is 10.6. The van der Waals surface area contributed by atoms with Gasteiger partial charge in [-0.05, 0) is 12.1 Å². The molecule has 0 saturated carbocycles. The van der Waals surface area contributed by atoms with Crippen molar-refractivity contribution in [2.45, 2.75) is 0 Å². The lowest BCUT2D eigenvalue weighted by Gasteiger charge is -2.02. The Morgan fingerprint density at radius 2 is 1.79 bits per heavy atom. The van der Waals surface area contributed by atoms with Crippen LogP contribution in [0.25, 0.3) is 0 Å². The van der Waals surface area contributed by atoms with Gasteiger partial charge in [-0.25, -0.2) is 9.59 Å². The molecule has 0 unspecified atom stereocenters. The molecule has 4 nitrogen and oxygen atoms in total. The predicted octanol–water partition coefficient (Wildman–Crippen LogP) is 3.32. The maximum Gasteiger partial charge on any atom is 0.409 e. The van der Waals surface area contributed by atoms with E-state index in [1.165, 1.54) is 18.2 Å². The van der Waals surface area contributed by atoms with Crippen LogP contribution in [-0.4, -0.2) is 10.3 Å². The van der Waals surface area contributed by atoms with Crippen LogP contribution < -0.4 is 9.47 Å². The van der Waals surface area contributed by atoms with Crippen molar-refractivity contribution in [2.75, 3.05) is 0 Å². The largest absolute Gasteiger partial charge is 0.418 e. The Bertz CT molecular complexity index is 335. The fraction of sp³-hybridized carbons (Fsp3) is 0. The quantitative estimate of drug-likeness (QED) is 0.779. The topological polar surface area (TPSA) is 52.6 Å². The highest BCUT2D eigenvalue weighted by Gasteiger charge is 2.03. The van der Waals surface area contributed by atoms with E-state index in [9.17, 15) is 9.59 Å². The number of benzene rings is 1. The molecular weight excluding hydrogens is 275 g/mol. The van der Waals surface area contributed by atoms with Crippen LogP contribution in [0.1, 0.15) is 0 Å². The van der Waals surface area contributed by atoms with E-state index < -0.39 is 10.3 Å². The van der Waals surface area contributed by atoms with Gasteiger partial charge < -0.3 is 9.47 Å². The SMILES string of the molecule is O=C(Cl)Oc1cccc(OC(=O)Br)c1. The highest BCUT2D eigenvalue weighted by atomic mass is 79.9. The summed E-state index contributed by atoms with van der Waals surface area (Å²) in [5.74, 6) is 0.457. The Morgan fingerprint density at radius 1 is 1.21 bits per heavy atom. The molecule has 1 aromatic carbocycles. The molecule has 0 spiro atoms. The first-order valence-electron chi connectivity index (χ1n) is 3.42. The maximum absolute atomic E-state index is 10.5. The summed E-state index contributed by atoms with van der Waals surface area (Å²) in [6.45, 7) is 0. The van der Waals surface area contributed by atoms with Crippen molar-refractivity contribution in [2.24, 2.45) is 0 Å². The molecule has 1 aromatic rings. The second kappa shape index (κ2) is 4.97. The third kappa shape index (κ3) is 3.76. The number of hydrogen-bond donors (Lipinski definition) is 0. The fourth-order valence-electron chi connectivity index (χ4n) is 0.787. The van der Waals surface area contributed by atoms with Gasteiger partial charge in [-0.15, -0.1) is 0 Å². The molecule has 74 valence electrons. The summed E-state index contributed by atoms with van der Waals surface area (Å²) in [6, 6.07) is 5.95. The molecule has 0 aliphatic heterocycles. The molecule has 0 aliphatic rings. The van der Waals surface area contributed by atoms with E-state index in [0.717, 1.165) is 0 Å². The molecule has 0 saturated heterocycles. The van der Waals surface area contributed by atoms with Gasteiger partial charge in [0, 0.05) is 33.6 Å². The van der Waals surface area contributed by atoms with Crippen LogP contribution in [0, 0.1) is 0 Å². The molecule has 0 amide bonds. The smallest absolute Gasteiger partial charge is 0.409 e. The lowest BCUT2D eigenvalue weighted by atomic mass is 10.3. The summed E-state index contributed by atoms with van der Waals surface area (Å²) in [4.78, 5) is 20.2. The van der Waals surface area contributed by atoms with Gasteiger partial charge in [-0.2, -0.15) is 0 Å². The molecule has 6 heteroatoms. The van der Waals surface area contributed by atoms with Gasteiger partial charge in [0.1, 0.15) is 11.5 Å². The first kappa shape index (κ1) is 11.0. The van der Waals surface area contributed by atoms with Gasteiger partial charge in [0.05, 0.1) is 0 Å². The van der Waals surface area contributed by atoms with E-state index in [4.69, 9.17) is 11.6 Å². The Labute approximate surface area is 92.9 Å². The normalized spacial score (nSPS) is 9.29. The maximum atomic E-state index is 10.5. The minimum atomic E-state index is -0.952. The molecule has 0 N–H and O–H groups in total. The number of ether oxygens (including phenoxy) is 2. The van der Waals surface area contributed by atoms with Crippen molar-refractivity contribution in [1.82, 2.24) is 0 Å². The standard InChI is InChI=1S/C8H4BrClO4/c9-7(11)13-5-2-1-3-6(4-5)14-8(10)12/h1-4H. The molecule has 0 aliphatic carbocycles. The third-order valence-corrected chi connectivity index (χ3v) is 1.44. The molecule has 0 aromatic heterocycles. The number of carbonyl (C=O) groups is 2. The predicted molar refractivity (Wildman–Crippen MR) is 53.3 cm³/mol. The van der Waals surface area contributed by atoms with Gasteiger partial charge in [-0.3, -0.25) is 0 Å². The minimum absolute atomic E-state index is 0.205. The first-order valence-corrected chi connectivity index (χ1v) is 4.60. The summed E-state index contributed by atoms with van der Waals surface area (Å²) >= 11 is 7.58. The third-order valence-electron chi connectivity index (χ3n) is 1.20. The molecule has 14 heavy (non-hydrogen) atoms. The van der Waals surface area contributed by atoms with Gasteiger partial charge in [0.15, 0.2) is 0 Å². The molecule has 0 heterocycles. The fourth-order valence-corrected chi connectivity index (χ4v) is 1.06. The Kier molecular flexibility index (Phi) is 3.91. The lowest BCUT2D eigenvalue weighted by Crippen LogP contribution is -1.98. The van der Waals surface area contributed by atoms with Crippen LogP contribution in [-0.2, 0) is 0 Å². The highest BCUT2D eigenvalue weighted by molar-refractivity contribution is 9.18. The first-order chi connectivity index (χ1) is 6.58. The number of carbonyl (C=O) groups excluding carboxylic acids is 2. The lowest BCUT2D eigenvalue weighted by molar-refractivity contribution is 0.225. The molecular formula is C8H4BrClO4. The monoisotopic (exact) mass is 278 g/mol. The van der Waals surface area contributed by atoms with Crippen LogP contribution in [0.15, 0.2) is 24.3 Å². The van der Waals surface area contributed by atoms with Gasteiger partial charge in [0.2, 0.25) is 0 Å². The molecule has 0 bridgehead atoms. The summed E-state index contributed by atoms with van der Waals surface area (Å²) < 4.78 is 9.24. The van der Waals surface area contributed by atoms with Gasteiger partial charge >= 0.3 is 10.3 Å².